The predicted molar refractivity (Wildman–Crippen MR) is 78.0 cm³/mol. The Labute approximate surface area is 121 Å². The smallest absolute Gasteiger partial charge is 0.335 e. The van der Waals surface area contributed by atoms with Crippen LogP contribution in [0.3, 0.4) is 0 Å². The highest BCUT2D eigenvalue weighted by atomic mass is 32.1. The van der Waals surface area contributed by atoms with E-state index in [4.69, 9.17) is 5.11 Å². The quantitative estimate of drug-likeness (QED) is 0.889. The molecule has 20 heavy (non-hydrogen) atoms. The summed E-state index contributed by atoms with van der Waals surface area (Å²) in [4.78, 5) is 24.1. The molecule has 1 unspecified atom stereocenters. The fourth-order valence-corrected chi connectivity index (χ4v) is 2.69. The lowest BCUT2D eigenvalue weighted by Crippen LogP contribution is -2.28. The van der Waals surface area contributed by atoms with Crippen molar-refractivity contribution in [3.63, 3.8) is 0 Å². The van der Waals surface area contributed by atoms with Gasteiger partial charge >= 0.3 is 5.97 Å². The predicted octanol–water partition coefficient (Wildman–Crippen LogP) is 2.87. The molecular weight excluding hydrogens is 274 g/mol. The van der Waals surface area contributed by atoms with E-state index in [1.807, 2.05) is 24.4 Å². The molecule has 0 aliphatic carbocycles. The molecule has 1 atom stereocenters. The number of carboxylic acid groups (broad SMARTS) is 1. The minimum atomic E-state index is -1.01. The second-order valence-corrected chi connectivity index (χ2v) is 5.42. The van der Waals surface area contributed by atoms with Crippen molar-refractivity contribution < 1.29 is 14.7 Å². The first-order chi connectivity index (χ1) is 9.58. The summed E-state index contributed by atoms with van der Waals surface area (Å²) in [6.45, 7) is 1.91. The third kappa shape index (κ3) is 3.45. The van der Waals surface area contributed by atoms with Crippen molar-refractivity contribution in [2.45, 2.75) is 19.4 Å². The summed E-state index contributed by atoms with van der Waals surface area (Å²) in [5.74, 6) is -1.20. The number of carbonyl (C=O) groups is 2. The lowest BCUT2D eigenvalue weighted by Gasteiger charge is -2.13. The largest absolute Gasteiger partial charge is 0.478 e. The van der Waals surface area contributed by atoms with Gasteiger partial charge in [0.25, 0.3) is 0 Å². The van der Waals surface area contributed by atoms with E-state index >= 15 is 0 Å². The average molecular weight is 289 g/mol. The molecule has 2 rings (SSSR count). The summed E-state index contributed by atoms with van der Waals surface area (Å²) in [6, 6.07) is 10.4. The van der Waals surface area contributed by atoms with Crippen LogP contribution in [0, 0.1) is 0 Å². The molecule has 0 saturated carbocycles. The van der Waals surface area contributed by atoms with Gasteiger partial charge in [0.1, 0.15) is 0 Å². The van der Waals surface area contributed by atoms with Gasteiger partial charge in [-0.05, 0) is 30.0 Å². The van der Waals surface area contributed by atoms with Gasteiger partial charge in [0, 0.05) is 4.88 Å². The zero-order valence-corrected chi connectivity index (χ0v) is 11.8. The van der Waals surface area contributed by atoms with Gasteiger partial charge in [0.05, 0.1) is 18.0 Å². The normalized spacial score (nSPS) is 11.8. The van der Waals surface area contributed by atoms with Gasteiger partial charge in [-0.2, -0.15) is 0 Å². The molecule has 2 N–H and O–H groups in total. The third-order valence-corrected chi connectivity index (χ3v) is 4.00. The molecule has 1 heterocycles. The molecule has 0 radical (unpaired) electrons. The molecule has 0 spiro atoms. The van der Waals surface area contributed by atoms with Gasteiger partial charge < -0.3 is 10.4 Å². The maximum atomic E-state index is 12.0. The van der Waals surface area contributed by atoms with Gasteiger partial charge in [-0.3, -0.25) is 4.79 Å². The molecule has 1 aromatic heterocycles. The number of nitrogens with one attached hydrogen (secondary N) is 1. The van der Waals surface area contributed by atoms with Gasteiger partial charge in [-0.15, -0.1) is 11.3 Å². The summed E-state index contributed by atoms with van der Waals surface area (Å²) in [6.07, 6.45) is 0.0676. The van der Waals surface area contributed by atoms with Gasteiger partial charge in [-0.1, -0.05) is 24.3 Å². The monoisotopic (exact) mass is 289 g/mol. The van der Waals surface area contributed by atoms with E-state index in [0.717, 1.165) is 4.88 Å². The molecule has 1 amide bonds. The summed E-state index contributed by atoms with van der Waals surface area (Å²) >= 11 is 1.58. The molecule has 4 nitrogen and oxygen atoms in total. The Bertz CT molecular complexity index is 607. The highest BCUT2D eigenvalue weighted by molar-refractivity contribution is 7.10. The summed E-state index contributed by atoms with van der Waals surface area (Å²) in [5, 5.41) is 13.9. The Morgan fingerprint density at radius 1 is 1.25 bits per heavy atom. The van der Waals surface area contributed by atoms with E-state index in [9.17, 15) is 9.59 Å². The summed E-state index contributed by atoms with van der Waals surface area (Å²) < 4.78 is 0. The molecule has 0 saturated heterocycles. The minimum Gasteiger partial charge on any atom is -0.478 e. The van der Waals surface area contributed by atoms with Gasteiger partial charge in [0.15, 0.2) is 0 Å². The maximum Gasteiger partial charge on any atom is 0.335 e. The molecule has 2 aromatic rings. The van der Waals surface area contributed by atoms with Crippen LogP contribution in [-0.4, -0.2) is 17.0 Å². The van der Waals surface area contributed by atoms with E-state index in [1.54, 1.807) is 29.5 Å². The standard InChI is InChI=1S/C15H15NO3S/c1-10(13-7-4-8-20-13)16-14(17)9-11-5-2-3-6-12(11)15(18)19/h2-8,10H,9H2,1H3,(H,16,17)(H,18,19). The van der Waals surface area contributed by atoms with Crippen molar-refractivity contribution in [1.29, 1.82) is 0 Å². The fraction of sp³-hybridized carbons (Fsp3) is 0.200. The number of carbonyl (C=O) groups excluding carboxylic acids is 1. The van der Waals surface area contributed by atoms with E-state index in [1.165, 1.54) is 6.07 Å². The Kier molecular flexibility index (Phi) is 4.53. The van der Waals surface area contributed by atoms with E-state index in [0.29, 0.717) is 5.56 Å². The van der Waals surface area contributed by atoms with Crippen molar-refractivity contribution >= 4 is 23.2 Å². The number of amides is 1. The van der Waals surface area contributed by atoms with Crippen LogP contribution in [0.2, 0.25) is 0 Å². The van der Waals surface area contributed by atoms with Crippen molar-refractivity contribution in [3.05, 3.63) is 57.8 Å². The second-order valence-electron chi connectivity index (χ2n) is 4.44. The summed E-state index contributed by atoms with van der Waals surface area (Å²) in [7, 11) is 0. The second kappa shape index (κ2) is 6.34. The van der Waals surface area contributed by atoms with Crippen LogP contribution < -0.4 is 5.32 Å². The number of hydrogen-bond donors (Lipinski definition) is 2. The zero-order chi connectivity index (χ0) is 14.5. The van der Waals surface area contributed by atoms with E-state index in [2.05, 4.69) is 5.32 Å². The first-order valence-electron chi connectivity index (χ1n) is 6.22. The third-order valence-electron chi connectivity index (χ3n) is 2.95. The number of rotatable bonds is 5. The van der Waals surface area contributed by atoms with E-state index < -0.39 is 5.97 Å². The minimum absolute atomic E-state index is 0.0676. The number of hydrogen-bond acceptors (Lipinski definition) is 3. The first-order valence-corrected chi connectivity index (χ1v) is 7.10. The molecule has 5 heteroatoms. The maximum absolute atomic E-state index is 12.0. The number of thiophene rings is 1. The Morgan fingerprint density at radius 3 is 2.65 bits per heavy atom. The lowest BCUT2D eigenvalue weighted by molar-refractivity contribution is -0.121. The Balaban J connectivity index is 2.03. The SMILES string of the molecule is CC(NC(=O)Cc1ccccc1C(=O)O)c1cccs1. The highest BCUT2D eigenvalue weighted by Crippen LogP contribution is 2.18. The van der Waals surface area contributed by atoms with Crippen molar-refractivity contribution in [2.75, 3.05) is 0 Å². The molecule has 104 valence electrons. The first kappa shape index (κ1) is 14.3. The summed E-state index contributed by atoms with van der Waals surface area (Å²) in [5.41, 5.74) is 0.697. The van der Waals surface area contributed by atoms with Crippen LogP contribution in [0.4, 0.5) is 0 Å². The molecule has 0 fully saturated rings. The topological polar surface area (TPSA) is 66.4 Å². The van der Waals surface area contributed by atoms with E-state index in [-0.39, 0.29) is 23.9 Å². The molecular formula is C15H15NO3S. The van der Waals surface area contributed by atoms with Crippen molar-refractivity contribution in [3.8, 4) is 0 Å². The van der Waals surface area contributed by atoms with Crippen molar-refractivity contribution in [1.82, 2.24) is 5.32 Å². The van der Waals surface area contributed by atoms with Crippen LogP contribution in [0.1, 0.15) is 33.8 Å². The van der Waals surface area contributed by atoms with Gasteiger partial charge in [0.2, 0.25) is 5.91 Å². The van der Waals surface area contributed by atoms with Crippen LogP contribution >= 0.6 is 11.3 Å². The van der Waals surface area contributed by atoms with Crippen LogP contribution in [0.25, 0.3) is 0 Å². The molecule has 0 aliphatic heterocycles. The highest BCUT2D eigenvalue weighted by Gasteiger charge is 2.14. The number of benzene rings is 1. The number of carboxylic acids is 1. The Hall–Kier alpha value is -2.14. The van der Waals surface area contributed by atoms with Crippen LogP contribution in [-0.2, 0) is 11.2 Å². The molecule has 0 bridgehead atoms. The van der Waals surface area contributed by atoms with Gasteiger partial charge in [-0.25, -0.2) is 4.79 Å². The van der Waals surface area contributed by atoms with Crippen molar-refractivity contribution in [2.24, 2.45) is 0 Å². The average Bonchev–Trinajstić information content (AvgIpc) is 2.92. The lowest BCUT2D eigenvalue weighted by atomic mass is 10.0. The Morgan fingerprint density at radius 2 is 2.00 bits per heavy atom. The van der Waals surface area contributed by atoms with Crippen LogP contribution in [0.5, 0.6) is 0 Å². The van der Waals surface area contributed by atoms with Crippen LogP contribution in [0.15, 0.2) is 41.8 Å². The number of aromatic carboxylic acids is 1. The zero-order valence-electron chi connectivity index (χ0n) is 11.0. The fourth-order valence-electron chi connectivity index (χ4n) is 1.96. The molecule has 0 aliphatic rings. The molecule has 1 aromatic carbocycles.